The van der Waals surface area contributed by atoms with E-state index in [0.29, 0.717) is 19.5 Å². The van der Waals surface area contributed by atoms with Crippen molar-refractivity contribution in [2.45, 2.75) is 44.7 Å². The number of nitrogens with zero attached hydrogens (tertiary/aromatic N) is 1. The van der Waals surface area contributed by atoms with Gasteiger partial charge in [0.25, 0.3) is 0 Å². The highest BCUT2D eigenvalue weighted by molar-refractivity contribution is 6.05. The van der Waals surface area contributed by atoms with Crippen LogP contribution in [-0.2, 0) is 20.9 Å². The Balaban J connectivity index is 1.74. The van der Waals surface area contributed by atoms with Gasteiger partial charge in [0.15, 0.2) is 0 Å². The number of hydrogen-bond acceptors (Lipinski definition) is 4. The number of hydrogen-bond donors (Lipinski definition) is 2. The second-order valence-corrected chi connectivity index (χ2v) is 5.72. The molecule has 124 valence electrons. The molecular weight excluding hydrogens is 296 g/mol. The van der Waals surface area contributed by atoms with Crippen LogP contribution in [0.25, 0.3) is 0 Å². The topological polar surface area (TPSA) is 86.7 Å². The second kappa shape index (κ2) is 8.43. The monoisotopic (exact) mass is 318 g/mol. The fraction of sp³-hybridized carbons (Fsp3) is 0.471. The van der Waals surface area contributed by atoms with Crippen molar-refractivity contribution in [1.29, 1.82) is 0 Å². The number of aliphatic carboxylic acids is 1. The molecular formula is C17H22N2O4. The molecule has 2 amide bonds. The number of imide groups is 1. The number of carbonyl (C=O) groups excluding carboxylic acids is 2. The first kappa shape index (κ1) is 17.1. The summed E-state index contributed by atoms with van der Waals surface area (Å²) >= 11 is 0. The predicted molar refractivity (Wildman–Crippen MR) is 84.5 cm³/mol. The maximum atomic E-state index is 12.3. The minimum Gasteiger partial charge on any atom is -0.481 e. The van der Waals surface area contributed by atoms with Crippen LogP contribution in [0.1, 0.15) is 37.7 Å². The van der Waals surface area contributed by atoms with Gasteiger partial charge >= 0.3 is 5.97 Å². The molecule has 0 bridgehead atoms. The minimum atomic E-state index is -0.786. The zero-order valence-electron chi connectivity index (χ0n) is 13.0. The molecule has 1 saturated heterocycles. The standard InChI is InChI=1S/C17H22N2O4/c20-15-11-14(18-10-6-2-5-9-16(21)22)17(23)19(15)12-13-7-3-1-4-8-13/h1,3-4,7-8,14,18H,2,5-6,9-12H2,(H,21,22)/t14-/m1/s1. The zero-order chi connectivity index (χ0) is 16.7. The van der Waals surface area contributed by atoms with Crippen LogP contribution in [0.15, 0.2) is 30.3 Å². The van der Waals surface area contributed by atoms with Gasteiger partial charge in [-0.1, -0.05) is 36.8 Å². The van der Waals surface area contributed by atoms with Gasteiger partial charge in [0.2, 0.25) is 11.8 Å². The van der Waals surface area contributed by atoms with Gasteiger partial charge in [-0.2, -0.15) is 0 Å². The Morgan fingerprint density at radius 1 is 1.17 bits per heavy atom. The molecule has 1 atom stereocenters. The van der Waals surface area contributed by atoms with Gasteiger partial charge in [-0.05, 0) is 24.9 Å². The normalized spacial score (nSPS) is 17.7. The highest BCUT2D eigenvalue weighted by atomic mass is 16.4. The van der Waals surface area contributed by atoms with Crippen LogP contribution in [0.4, 0.5) is 0 Å². The van der Waals surface area contributed by atoms with E-state index in [9.17, 15) is 14.4 Å². The number of unbranched alkanes of at least 4 members (excludes halogenated alkanes) is 2. The third-order valence-corrected chi connectivity index (χ3v) is 3.89. The molecule has 0 saturated carbocycles. The van der Waals surface area contributed by atoms with E-state index in [2.05, 4.69) is 5.32 Å². The Hall–Kier alpha value is -2.21. The van der Waals surface area contributed by atoms with Crippen molar-refractivity contribution in [2.24, 2.45) is 0 Å². The summed E-state index contributed by atoms with van der Waals surface area (Å²) in [6, 6.07) is 8.99. The van der Waals surface area contributed by atoms with Crippen molar-refractivity contribution in [3.63, 3.8) is 0 Å². The van der Waals surface area contributed by atoms with Gasteiger partial charge in [0, 0.05) is 6.42 Å². The van der Waals surface area contributed by atoms with Crippen molar-refractivity contribution < 1.29 is 19.5 Å². The number of nitrogens with one attached hydrogen (secondary N) is 1. The number of likely N-dealkylation sites (tertiary alicyclic amines) is 1. The van der Waals surface area contributed by atoms with Crippen molar-refractivity contribution in [3.05, 3.63) is 35.9 Å². The molecule has 0 radical (unpaired) electrons. The lowest BCUT2D eigenvalue weighted by Gasteiger charge is -2.15. The Morgan fingerprint density at radius 2 is 1.91 bits per heavy atom. The van der Waals surface area contributed by atoms with Gasteiger partial charge in [-0.15, -0.1) is 0 Å². The van der Waals surface area contributed by atoms with Gasteiger partial charge in [0.1, 0.15) is 0 Å². The maximum absolute atomic E-state index is 12.3. The number of benzene rings is 1. The Kier molecular flexibility index (Phi) is 6.29. The van der Waals surface area contributed by atoms with Crippen LogP contribution in [0, 0.1) is 0 Å². The molecule has 1 aromatic rings. The van der Waals surface area contributed by atoms with Gasteiger partial charge in [-0.3, -0.25) is 19.3 Å². The predicted octanol–water partition coefficient (Wildman–Crippen LogP) is 1.55. The maximum Gasteiger partial charge on any atom is 0.303 e. The summed E-state index contributed by atoms with van der Waals surface area (Å²) in [6.07, 6.45) is 2.59. The van der Waals surface area contributed by atoms with Crippen LogP contribution in [-0.4, -0.2) is 40.4 Å². The van der Waals surface area contributed by atoms with Gasteiger partial charge < -0.3 is 10.4 Å². The van der Waals surface area contributed by atoms with Gasteiger partial charge in [-0.25, -0.2) is 0 Å². The average molecular weight is 318 g/mol. The van der Waals surface area contributed by atoms with E-state index in [4.69, 9.17) is 5.11 Å². The van der Waals surface area contributed by atoms with E-state index >= 15 is 0 Å². The van der Waals surface area contributed by atoms with Crippen molar-refractivity contribution in [1.82, 2.24) is 10.2 Å². The lowest BCUT2D eigenvalue weighted by atomic mass is 10.2. The van der Waals surface area contributed by atoms with E-state index in [1.165, 1.54) is 4.90 Å². The third-order valence-electron chi connectivity index (χ3n) is 3.89. The van der Waals surface area contributed by atoms with Crippen LogP contribution in [0.3, 0.4) is 0 Å². The number of amides is 2. The van der Waals surface area contributed by atoms with E-state index < -0.39 is 12.0 Å². The van der Waals surface area contributed by atoms with Crippen LogP contribution in [0.2, 0.25) is 0 Å². The van der Waals surface area contributed by atoms with Crippen LogP contribution in [0.5, 0.6) is 0 Å². The smallest absolute Gasteiger partial charge is 0.303 e. The molecule has 0 unspecified atom stereocenters. The average Bonchev–Trinajstić information content (AvgIpc) is 2.79. The summed E-state index contributed by atoms with van der Waals surface area (Å²) in [5, 5.41) is 11.7. The zero-order valence-corrected chi connectivity index (χ0v) is 13.0. The highest BCUT2D eigenvalue weighted by Crippen LogP contribution is 2.16. The van der Waals surface area contributed by atoms with Gasteiger partial charge in [0.05, 0.1) is 19.0 Å². The first-order chi connectivity index (χ1) is 11.1. The summed E-state index contributed by atoms with van der Waals surface area (Å²) in [4.78, 5) is 36.0. The summed E-state index contributed by atoms with van der Waals surface area (Å²) < 4.78 is 0. The SMILES string of the molecule is O=C(O)CCCCCN[C@@H]1CC(=O)N(Cc2ccccc2)C1=O. The minimum absolute atomic E-state index is 0.151. The van der Waals surface area contributed by atoms with Crippen LogP contribution < -0.4 is 5.32 Å². The molecule has 0 aromatic heterocycles. The molecule has 1 fully saturated rings. The Morgan fingerprint density at radius 3 is 2.61 bits per heavy atom. The quantitative estimate of drug-likeness (QED) is 0.533. The van der Waals surface area contributed by atoms with Crippen molar-refractivity contribution in [3.8, 4) is 0 Å². The Labute approximate surface area is 135 Å². The molecule has 0 aliphatic carbocycles. The van der Waals surface area contributed by atoms with E-state index in [-0.39, 0.29) is 24.7 Å². The lowest BCUT2D eigenvalue weighted by molar-refractivity contribution is -0.140. The first-order valence-corrected chi connectivity index (χ1v) is 7.91. The largest absolute Gasteiger partial charge is 0.481 e. The summed E-state index contributed by atoms with van der Waals surface area (Å²) in [5.74, 6) is -1.11. The Bertz CT molecular complexity index is 559. The number of carbonyl (C=O) groups is 3. The second-order valence-electron chi connectivity index (χ2n) is 5.72. The van der Waals surface area contributed by atoms with Crippen LogP contribution >= 0.6 is 0 Å². The fourth-order valence-corrected chi connectivity index (χ4v) is 2.63. The molecule has 0 spiro atoms. The third kappa shape index (κ3) is 5.17. The number of carboxylic acid groups (broad SMARTS) is 1. The van der Waals surface area contributed by atoms with Crippen molar-refractivity contribution >= 4 is 17.8 Å². The molecule has 6 nitrogen and oxygen atoms in total. The molecule has 2 N–H and O–H groups in total. The number of rotatable bonds is 9. The fourth-order valence-electron chi connectivity index (χ4n) is 2.63. The lowest BCUT2D eigenvalue weighted by Crippen LogP contribution is -2.38. The van der Waals surface area contributed by atoms with E-state index in [1.54, 1.807) is 0 Å². The summed E-state index contributed by atoms with van der Waals surface area (Å²) in [7, 11) is 0. The molecule has 1 aliphatic heterocycles. The number of carboxylic acids is 1. The molecule has 1 aromatic carbocycles. The molecule has 2 rings (SSSR count). The molecule has 1 heterocycles. The highest BCUT2D eigenvalue weighted by Gasteiger charge is 2.37. The van der Waals surface area contributed by atoms with E-state index in [0.717, 1.165) is 18.4 Å². The molecule has 1 aliphatic rings. The summed E-state index contributed by atoms with van der Waals surface area (Å²) in [6.45, 7) is 0.928. The summed E-state index contributed by atoms with van der Waals surface area (Å²) in [5.41, 5.74) is 0.934. The molecule has 6 heteroatoms. The first-order valence-electron chi connectivity index (χ1n) is 7.91. The molecule has 23 heavy (non-hydrogen) atoms. The van der Waals surface area contributed by atoms with E-state index in [1.807, 2.05) is 30.3 Å². The van der Waals surface area contributed by atoms with Crippen molar-refractivity contribution in [2.75, 3.05) is 6.54 Å².